The Labute approximate surface area is 204 Å². The molecule has 0 saturated carbocycles. The number of aryl methyl sites for hydroxylation is 2. The fourth-order valence-corrected chi connectivity index (χ4v) is 4.56. The lowest BCUT2D eigenvalue weighted by Gasteiger charge is -2.33. The van der Waals surface area contributed by atoms with Crippen molar-refractivity contribution in [1.29, 1.82) is 0 Å². The quantitative estimate of drug-likeness (QED) is 0.417. The first-order valence-corrected chi connectivity index (χ1v) is 12.3. The summed E-state index contributed by atoms with van der Waals surface area (Å²) in [7, 11) is 1.74. The largest absolute Gasteiger partial charge is 0.493 e. The van der Waals surface area contributed by atoms with Crippen molar-refractivity contribution in [2.45, 2.75) is 26.7 Å². The molecule has 1 fully saturated rings. The van der Waals surface area contributed by atoms with E-state index in [0.717, 1.165) is 44.7 Å². The third kappa shape index (κ3) is 5.44. The molecule has 10 heteroatoms. The number of aliphatic hydroxyl groups excluding tert-OH is 1. The highest BCUT2D eigenvalue weighted by Crippen LogP contribution is 2.30. The van der Waals surface area contributed by atoms with Crippen molar-refractivity contribution in [2.24, 2.45) is 7.05 Å². The Kier molecular flexibility index (Phi) is 7.94. The number of β-amino-alcohol motifs (C(OH)–C–C–N with tert-alkyl or cyclic N) is 1. The van der Waals surface area contributed by atoms with E-state index >= 15 is 0 Å². The molecule has 0 spiro atoms. The smallest absolute Gasteiger partial charge is 0.277 e. The molecule has 0 bridgehead atoms. The van der Waals surface area contributed by atoms with Gasteiger partial charge < -0.3 is 14.8 Å². The van der Waals surface area contributed by atoms with Crippen LogP contribution >= 0.6 is 0 Å². The van der Waals surface area contributed by atoms with Crippen LogP contribution in [0.3, 0.4) is 0 Å². The van der Waals surface area contributed by atoms with Gasteiger partial charge in [0.1, 0.15) is 17.1 Å². The van der Waals surface area contributed by atoms with E-state index in [1.165, 1.54) is 0 Å². The molecule has 188 valence electrons. The van der Waals surface area contributed by atoms with Gasteiger partial charge in [-0.3, -0.25) is 24.1 Å². The van der Waals surface area contributed by atoms with Gasteiger partial charge >= 0.3 is 0 Å². The Morgan fingerprint density at radius 2 is 1.91 bits per heavy atom. The van der Waals surface area contributed by atoms with Crippen LogP contribution in [-0.2, 0) is 13.5 Å². The zero-order valence-corrected chi connectivity index (χ0v) is 20.7. The van der Waals surface area contributed by atoms with Crippen molar-refractivity contribution in [3.8, 4) is 17.1 Å². The van der Waals surface area contributed by atoms with Crippen molar-refractivity contribution in [3.05, 3.63) is 39.8 Å². The van der Waals surface area contributed by atoms with Gasteiger partial charge in [0.2, 0.25) is 0 Å². The van der Waals surface area contributed by atoms with E-state index in [1.807, 2.05) is 6.92 Å². The number of aromatic amines is 1. The minimum Gasteiger partial charge on any atom is -0.493 e. The van der Waals surface area contributed by atoms with Gasteiger partial charge in [0.25, 0.3) is 5.56 Å². The lowest BCUT2D eigenvalue weighted by atomic mass is 10.0. The zero-order valence-electron chi connectivity index (χ0n) is 20.7. The molecule has 0 amide bonds. The Bertz CT molecular complexity index is 1240. The summed E-state index contributed by atoms with van der Waals surface area (Å²) in [6.45, 7) is 8.74. The molecule has 4 rings (SSSR count). The van der Waals surface area contributed by atoms with Crippen LogP contribution in [0.2, 0.25) is 0 Å². The number of aliphatic hydroxyl groups is 1. The minimum atomic E-state index is -0.276. The highest BCUT2D eigenvalue weighted by atomic mass is 16.5. The standard InChI is InChI=1S/C25H34N6O4/c1-4-6-19-22-23(29(3)28-19)25(34)27-24(26-22)18-15-17(7-8-21(18)35-5-2)20(33)16-31-11-9-30(10-12-31)13-14-32/h7-8,15,32H,4-6,9-14,16H2,1-3H3,(H,26,27,34). The Hall–Kier alpha value is -3.08. The molecule has 2 N–H and O–H groups in total. The van der Waals surface area contributed by atoms with Crippen LogP contribution in [-0.4, -0.2) is 92.9 Å². The summed E-state index contributed by atoms with van der Waals surface area (Å²) in [5.41, 5.74) is 2.64. The monoisotopic (exact) mass is 482 g/mol. The Balaban J connectivity index is 1.65. The molecule has 1 aliphatic rings. The van der Waals surface area contributed by atoms with Gasteiger partial charge in [-0.1, -0.05) is 13.3 Å². The van der Waals surface area contributed by atoms with Gasteiger partial charge in [-0.15, -0.1) is 0 Å². The molecule has 35 heavy (non-hydrogen) atoms. The number of fused-ring (bicyclic) bond motifs is 1. The summed E-state index contributed by atoms with van der Waals surface area (Å²) in [6.07, 6.45) is 1.61. The molecule has 0 aliphatic carbocycles. The van der Waals surface area contributed by atoms with Crippen LogP contribution in [0.15, 0.2) is 23.0 Å². The molecule has 3 heterocycles. The van der Waals surface area contributed by atoms with Crippen molar-refractivity contribution in [3.63, 3.8) is 0 Å². The number of hydrogen-bond acceptors (Lipinski definition) is 8. The number of nitrogens with one attached hydrogen (secondary N) is 1. The first-order valence-electron chi connectivity index (χ1n) is 12.3. The Morgan fingerprint density at radius 1 is 1.17 bits per heavy atom. The summed E-state index contributed by atoms with van der Waals surface area (Å²) in [5.74, 6) is 0.926. The number of nitrogens with zero attached hydrogens (tertiary/aromatic N) is 5. The second-order valence-electron chi connectivity index (χ2n) is 8.84. The fraction of sp³-hybridized carbons (Fsp3) is 0.520. The zero-order chi connectivity index (χ0) is 24.9. The average molecular weight is 483 g/mol. The van der Waals surface area contributed by atoms with Crippen molar-refractivity contribution < 1.29 is 14.6 Å². The molecular formula is C25H34N6O4. The maximum Gasteiger partial charge on any atom is 0.277 e. The fourth-order valence-electron chi connectivity index (χ4n) is 4.56. The SMILES string of the molecule is CCCc1nn(C)c2c(=O)[nH]c(-c3cc(C(=O)CN4CCN(CCO)CC4)ccc3OCC)nc12. The van der Waals surface area contributed by atoms with E-state index in [4.69, 9.17) is 14.8 Å². The molecule has 1 aliphatic heterocycles. The number of H-pyrrole nitrogens is 1. The molecule has 0 unspecified atom stereocenters. The second kappa shape index (κ2) is 11.1. The number of hydrogen-bond donors (Lipinski definition) is 2. The lowest BCUT2D eigenvalue weighted by molar-refractivity contribution is 0.0822. The summed E-state index contributed by atoms with van der Waals surface area (Å²) in [6, 6.07) is 5.29. The van der Waals surface area contributed by atoms with Crippen LogP contribution in [0, 0.1) is 0 Å². The average Bonchev–Trinajstić information content (AvgIpc) is 3.16. The van der Waals surface area contributed by atoms with Crippen LogP contribution < -0.4 is 10.3 Å². The number of carbonyl (C=O) groups is 1. The van der Waals surface area contributed by atoms with E-state index in [0.29, 0.717) is 53.4 Å². The summed E-state index contributed by atoms with van der Waals surface area (Å²) in [5, 5.41) is 13.6. The lowest BCUT2D eigenvalue weighted by Crippen LogP contribution is -2.48. The third-order valence-electron chi connectivity index (χ3n) is 6.35. The number of benzene rings is 1. The number of carbonyl (C=O) groups excluding carboxylic acids is 1. The molecular weight excluding hydrogens is 448 g/mol. The molecule has 10 nitrogen and oxygen atoms in total. The van der Waals surface area contributed by atoms with Gasteiger partial charge in [-0.2, -0.15) is 5.10 Å². The number of rotatable bonds is 10. The third-order valence-corrected chi connectivity index (χ3v) is 6.35. The summed E-state index contributed by atoms with van der Waals surface area (Å²) < 4.78 is 7.38. The topological polar surface area (TPSA) is 117 Å². The first-order chi connectivity index (χ1) is 16.9. The van der Waals surface area contributed by atoms with Crippen LogP contribution in [0.1, 0.15) is 36.3 Å². The molecule has 0 atom stereocenters. The summed E-state index contributed by atoms with van der Waals surface area (Å²) >= 11 is 0. The normalized spacial score (nSPS) is 15.1. The maximum absolute atomic E-state index is 13.2. The van der Waals surface area contributed by atoms with Crippen LogP contribution in [0.25, 0.3) is 22.4 Å². The summed E-state index contributed by atoms with van der Waals surface area (Å²) in [4.78, 5) is 38.1. The number of ether oxygens (including phenoxy) is 1. The predicted octanol–water partition coefficient (Wildman–Crippen LogP) is 1.47. The molecule has 1 saturated heterocycles. The van der Waals surface area contributed by atoms with Crippen molar-refractivity contribution in [1.82, 2.24) is 29.5 Å². The molecule has 0 radical (unpaired) electrons. The second-order valence-corrected chi connectivity index (χ2v) is 8.84. The highest BCUT2D eigenvalue weighted by molar-refractivity contribution is 5.99. The van der Waals surface area contributed by atoms with Crippen molar-refractivity contribution >= 4 is 16.8 Å². The number of Topliss-reactive ketones (excluding diaryl/α,β-unsaturated/α-hetero) is 1. The van der Waals surface area contributed by atoms with E-state index in [2.05, 4.69) is 26.8 Å². The number of piperazine rings is 1. The van der Waals surface area contributed by atoms with Gasteiger partial charge in [-0.25, -0.2) is 4.98 Å². The van der Waals surface area contributed by atoms with Gasteiger partial charge in [0, 0.05) is 45.3 Å². The Morgan fingerprint density at radius 3 is 2.60 bits per heavy atom. The molecule has 3 aromatic rings. The maximum atomic E-state index is 13.2. The van der Waals surface area contributed by atoms with Gasteiger partial charge in [0.15, 0.2) is 11.3 Å². The van der Waals surface area contributed by atoms with Crippen LogP contribution in [0.5, 0.6) is 5.75 Å². The van der Waals surface area contributed by atoms with Gasteiger partial charge in [0.05, 0.1) is 31.0 Å². The van der Waals surface area contributed by atoms with E-state index in [-0.39, 0.29) is 17.9 Å². The van der Waals surface area contributed by atoms with E-state index in [1.54, 1.807) is 29.9 Å². The van der Waals surface area contributed by atoms with E-state index in [9.17, 15) is 9.59 Å². The molecule has 1 aromatic carbocycles. The first kappa shape index (κ1) is 25.0. The minimum absolute atomic E-state index is 0.00128. The molecule has 2 aromatic heterocycles. The number of aromatic nitrogens is 4. The van der Waals surface area contributed by atoms with Crippen LogP contribution in [0.4, 0.5) is 0 Å². The van der Waals surface area contributed by atoms with Gasteiger partial charge in [-0.05, 0) is 31.5 Å². The number of ketones is 1. The van der Waals surface area contributed by atoms with Crippen molar-refractivity contribution in [2.75, 3.05) is 52.5 Å². The predicted molar refractivity (Wildman–Crippen MR) is 134 cm³/mol. The van der Waals surface area contributed by atoms with E-state index < -0.39 is 0 Å². The highest BCUT2D eigenvalue weighted by Gasteiger charge is 2.22.